The van der Waals surface area contributed by atoms with E-state index in [4.69, 9.17) is 4.74 Å². The van der Waals surface area contributed by atoms with E-state index in [1.54, 1.807) is 13.3 Å². The fourth-order valence-corrected chi connectivity index (χ4v) is 4.26. The normalized spacial score (nSPS) is 14.3. The van der Waals surface area contributed by atoms with Crippen molar-refractivity contribution in [2.24, 2.45) is 0 Å². The number of hydrogen-bond donors (Lipinski definition) is 2. The zero-order valence-corrected chi connectivity index (χ0v) is 18.6. The highest BCUT2D eigenvalue weighted by Gasteiger charge is 2.22. The van der Waals surface area contributed by atoms with Crippen LogP contribution in [0.4, 0.5) is 5.95 Å². The van der Waals surface area contributed by atoms with Crippen LogP contribution in [0.1, 0.15) is 54.1 Å². The molecule has 2 heterocycles. The van der Waals surface area contributed by atoms with Gasteiger partial charge in [0.15, 0.2) is 0 Å². The zero-order chi connectivity index (χ0) is 22.5. The maximum absolute atomic E-state index is 12.9. The van der Waals surface area contributed by atoms with Gasteiger partial charge in [0.25, 0.3) is 5.91 Å². The number of anilines is 1. The highest BCUT2D eigenvalue weighted by Crippen LogP contribution is 2.30. The molecule has 1 aromatic carbocycles. The van der Waals surface area contributed by atoms with Gasteiger partial charge in [-0.2, -0.15) is 4.98 Å². The van der Waals surface area contributed by atoms with Crippen molar-refractivity contribution in [3.05, 3.63) is 58.0 Å². The monoisotopic (exact) mass is 435 g/mol. The summed E-state index contributed by atoms with van der Waals surface area (Å²) in [6.07, 6.45) is 9.50. The lowest BCUT2D eigenvalue weighted by atomic mass is 9.95. The highest BCUT2D eigenvalue weighted by molar-refractivity contribution is 5.96. The Kier molecular flexibility index (Phi) is 6.68. The van der Waals surface area contributed by atoms with E-state index in [1.807, 2.05) is 28.8 Å². The van der Waals surface area contributed by atoms with Crippen LogP contribution >= 0.6 is 0 Å². The van der Waals surface area contributed by atoms with Crippen LogP contribution in [0.5, 0.6) is 5.75 Å². The van der Waals surface area contributed by atoms with Crippen LogP contribution in [0.25, 0.3) is 11.0 Å². The number of nitrogens with one attached hydrogen (secondary N) is 2. The standard InChI is InChI=1S/C24H29N5O3/c1-25-23(31)20-15-29(17-6-4-3-5-7-17)22-19(21(20)30)14-27-24(28-22)26-13-12-16-8-10-18(32-2)11-9-16/h8-11,14-15,17H,3-7,12-13H2,1-2H3,(H,25,31)(H,26,27,28). The van der Waals surface area contributed by atoms with E-state index in [1.165, 1.54) is 25.2 Å². The number of pyridine rings is 1. The van der Waals surface area contributed by atoms with Crippen LogP contribution in [0.15, 0.2) is 41.5 Å². The Bertz CT molecular complexity index is 1150. The third-order valence-electron chi connectivity index (χ3n) is 6.07. The number of nitrogens with zero attached hydrogens (tertiary/aromatic N) is 3. The number of ether oxygens (including phenoxy) is 1. The molecule has 0 unspecified atom stereocenters. The summed E-state index contributed by atoms with van der Waals surface area (Å²) in [5.41, 5.74) is 1.55. The Labute approximate surface area is 187 Å². The molecule has 1 aliphatic carbocycles. The van der Waals surface area contributed by atoms with E-state index in [2.05, 4.69) is 20.6 Å². The number of hydrogen-bond acceptors (Lipinski definition) is 6. The fraction of sp³-hybridized carbons (Fsp3) is 0.417. The van der Waals surface area contributed by atoms with Crippen molar-refractivity contribution < 1.29 is 9.53 Å². The van der Waals surface area contributed by atoms with Crippen molar-refractivity contribution in [2.75, 3.05) is 26.0 Å². The van der Waals surface area contributed by atoms with Gasteiger partial charge in [0, 0.05) is 32.0 Å². The number of carbonyl (C=O) groups is 1. The van der Waals surface area contributed by atoms with Gasteiger partial charge in [-0.15, -0.1) is 0 Å². The Morgan fingerprint density at radius 2 is 1.94 bits per heavy atom. The largest absolute Gasteiger partial charge is 0.497 e. The van der Waals surface area contributed by atoms with Crippen molar-refractivity contribution in [1.29, 1.82) is 0 Å². The first-order valence-electron chi connectivity index (χ1n) is 11.1. The lowest BCUT2D eigenvalue weighted by Gasteiger charge is -2.26. The van der Waals surface area contributed by atoms with Crippen molar-refractivity contribution in [3.63, 3.8) is 0 Å². The molecule has 4 rings (SSSR count). The number of benzene rings is 1. The Hall–Kier alpha value is -3.42. The summed E-state index contributed by atoms with van der Waals surface area (Å²) >= 11 is 0. The minimum Gasteiger partial charge on any atom is -0.497 e. The molecule has 8 heteroatoms. The van der Waals surface area contributed by atoms with E-state index in [0.29, 0.717) is 23.5 Å². The molecule has 1 aliphatic rings. The zero-order valence-electron chi connectivity index (χ0n) is 18.6. The second-order valence-electron chi connectivity index (χ2n) is 8.11. The van der Waals surface area contributed by atoms with E-state index >= 15 is 0 Å². The number of methoxy groups -OCH3 is 1. The maximum Gasteiger partial charge on any atom is 0.256 e. The lowest BCUT2D eigenvalue weighted by Crippen LogP contribution is -2.29. The van der Waals surface area contributed by atoms with E-state index in [-0.39, 0.29) is 22.9 Å². The molecule has 0 aliphatic heterocycles. The van der Waals surface area contributed by atoms with Gasteiger partial charge in [-0.05, 0) is 37.0 Å². The highest BCUT2D eigenvalue weighted by atomic mass is 16.5. The number of carbonyl (C=O) groups excluding carboxylic acids is 1. The summed E-state index contributed by atoms with van der Waals surface area (Å²) in [4.78, 5) is 34.3. The van der Waals surface area contributed by atoms with Crippen molar-refractivity contribution in [2.45, 2.75) is 44.6 Å². The van der Waals surface area contributed by atoms with E-state index < -0.39 is 0 Å². The second-order valence-corrected chi connectivity index (χ2v) is 8.11. The first-order valence-corrected chi connectivity index (χ1v) is 11.1. The predicted octanol–water partition coefficient (Wildman–Crippen LogP) is 3.32. The van der Waals surface area contributed by atoms with Crippen LogP contribution < -0.4 is 20.8 Å². The molecule has 1 saturated carbocycles. The van der Waals surface area contributed by atoms with Gasteiger partial charge in [-0.25, -0.2) is 4.98 Å². The maximum atomic E-state index is 12.9. The average molecular weight is 436 g/mol. The first kappa shape index (κ1) is 21.8. The van der Waals surface area contributed by atoms with Gasteiger partial charge in [-0.1, -0.05) is 31.4 Å². The fourth-order valence-electron chi connectivity index (χ4n) is 4.26. The number of amides is 1. The Morgan fingerprint density at radius 3 is 2.62 bits per heavy atom. The SMILES string of the molecule is CNC(=O)c1cn(C2CCCCC2)c2nc(NCCc3ccc(OC)cc3)ncc2c1=O. The molecule has 32 heavy (non-hydrogen) atoms. The van der Waals surface area contributed by atoms with E-state index in [0.717, 1.165) is 37.9 Å². The van der Waals surface area contributed by atoms with Gasteiger partial charge in [0.2, 0.25) is 11.4 Å². The third-order valence-corrected chi connectivity index (χ3v) is 6.07. The summed E-state index contributed by atoms with van der Waals surface area (Å²) < 4.78 is 7.21. The summed E-state index contributed by atoms with van der Waals surface area (Å²) in [6.45, 7) is 0.655. The smallest absolute Gasteiger partial charge is 0.256 e. The number of fused-ring (bicyclic) bond motifs is 1. The molecule has 168 valence electrons. The minimum absolute atomic E-state index is 0.134. The molecule has 3 aromatic rings. The number of aromatic nitrogens is 3. The third kappa shape index (κ3) is 4.59. The summed E-state index contributed by atoms with van der Waals surface area (Å²) in [5.74, 6) is 0.919. The van der Waals surface area contributed by atoms with Gasteiger partial charge in [0.1, 0.15) is 17.0 Å². The molecule has 0 radical (unpaired) electrons. The van der Waals surface area contributed by atoms with Crippen LogP contribution in [-0.4, -0.2) is 41.1 Å². The summed E-state index contributed by atoms with van der Waals surface area (Å²) in [5, 5.41) is 6.20. The second kappa shape index (κ2) is 9.80. The topological polar surface area (TPSA) is 98.1 Å². The summed E-state index contributed by atoms with van der Waals surface area (Å²) in [7, 11) is 3.18. The molecule has 2 N–H and O–H groups in total. The van der Waals surface area contributed by atoms with Crippen molar-refractivity contribution >= 4 is 22.9 Å². The van der Waals surface area contributed by atoms with Crippen LogP contribution in [-0.2, 0) is 6.42 Å². The molecule has 1 fully saturated rings. The van der Waals surface area contributed by atoms with Crippen LogP contribution in [0.3, 0.4) is 0 Å². The molecule has 2 aromatic heterocycles. The molecular formula is C24H29N5O3. The molecule has 1 amide bonds. The Morgan fingerprint density at radius 1 is 1.19 bits per heavy atom. The van der Waals surface area contributed by atoms with Gasteiger partial charge >= 0.3 is 0 Å². The van der Waals surface area contributed by atoms with E-state index in [9.17, 15) is 9.59 Å². The molecule has 0 atom stereocenters. The van der Waals surface area contributed by atoms with Gasteiger partial charge in [-0.3, -0.25) is 9.59 Å². The minimum atomic E-state index is -0.386. The quantitative estimate of drug-likeness (QED) is 0.591. The van der Waals surface area contributed by atoms with Crippen molar-refractivity contribution in [3.8, 4) is 5.75 Å². The first-order chi connectivity index (χ1) is 15.6. The molecule has 0 bridgehead atoms. The lowest BCUT2D eigenvalue weighted by molar-refractivity contribution is 0.0961. The number of rotatable bonds is 7. The molecular weight excluding hydrogens is 406 g/mol. The summed E-state index contributed by atoms with van der Waals surface area (Å²) in [6, 6.07) is 8.16. The average Bonchev–Trinajstić information content (AvgIpc) is 2.85. The van der Waals surface area contributed by atoms with Gasteiger partial charge in [0.05, 0.1) is 12.5 Å². The van der Waals surface area contributed by atoms with Crippen molar-refractivity contribution in [1.82, 2.24) is 19.9 Å². The predicted molar refractivity (Wildman–Crippen MR) is 124 cm³/mol. The molecule has 8 nitrogen and oxygen atoms in total. The van der Waals surface area contributed by atoms with Crippen LogP contribution in [0.2, 0.25) is 0 Å². The Balaban J connectivity index is 1.62. The molecule has 0 spiro atoms. The van der Waals surface area contributed by atoms with Crippen LogP contribution in [0, 0.1) is 0 Å². The van der Waals surface area contributed by atoms with Gasteiger partial charge < -0.3 is 19.9 Å². The molecule has 0 saturated heterocycles.